The number of pyridine rings is 1. The molecular weight excluding hydrogens is 318 g/mol. The van der Waals surface area contributed by atoms with Gasteiger partial charge in [-0.3, -0.25) is 10.1 Å². The molecule has 1 N–H and O–H groups in total. The van der Waals surface area contributed by atoms with Crippen LogP contribution < -0.4 is 5.32 Å². The van der Waals surface area contributed by atoms with Gasteiger partial charge >= 0.3 is 5.69 Å². The predicted molar refractivity (Wildman–Crippen MR) is 88.7 cm³/mol. The summed E-state index contributed by atoms with van der Waals surface area (Å²) in [5.74, 6) is 0.930. The van der Waals surface area contributed by atoms with Crippen LogP contribution in [-0.4, -0.2) is 19.5 Å². The number of anilines is 1. The van der Waals surface area contributed by atoms with Gasteiger partial charge in [-0.15, -0.1) is 0 Å². The van der Waals surface area contributed by atoms with E-state index >= 15 is 0 Å². The van der Waals surface area contributed by atoms with Crippen LogP contribution in [0.15, 0.2) is 30.5 Å². The fourth-order valence-electron chi connectivity index (χ4n) is 2.38. The molecule has 23 heavy (non-hydrogen) atoms. The number of imidazole rings is 1. The second-order valence-electron chi connectivity index (χ2n) is 5.21. The molecule has 0 aliphatic heterocycles. The number of halogens is 1. The Balaban J connectivity index is 1.89. The second-order valence-corrected chi connectivity index (χ2v) is 5.65. The van der Waals surface area contributed by atoms with Gasteiger partial charge < -0.3 is 9.88 Å². The molecule has 0 bridgehead atoms. The van der Waals surface area contributed by atoms with E-state index in [2.05, 4.69) is 15.3 Å². The van der Waals surface area contributed by atoms with Gasteiger partial charge in [0.15, 0.2) is 0 Å². The maximum absolute atomic E-state index is 11.1. The first-order valence-corrected chi connectivity index (χ1v) is 7.29. The summed E-state index contributed by atoms with van der Waals surface area (Å²) < 4.78 is 1.95. The van der Waals surface area contributed by atoms with E-state index in [9.17, 15) is 10.1 Å². The third kappa shape index (κ3) is 2.95. The van der Waals surface area contributed by atoms with Crippen LogP contribution in [0.25, 0.3) is 11.0 Å². The zero-order chi connectivity index (χ0) is 16.6. The molecule has 3 rings (SSSR count). The van der Waals surface area contributed by atoms with Crippen LogP contribution in [0.2, 0.25) is 5.02 Å². The average Bonchev–Trinajstić information content (AvgIpc) is 2.81. The van der Waals surface area contributed by atoms with E-state index < -0.39 is 4.92 Å². The van der Waals surface area contributed by atoms with E-state index in [0.29, 0.717) is 6.54 Å². The topological polar surface area (TPSA) is 85.9 Å². The van der Waals surface area contributed by atoms with Gasteiger partial charge in [0.1, 0.15) is 5.82 Å². The summed E-state index contributed by atoms with van der Waals surface area (Å²) in [6, 6.07) is 7.30. The summed E-state index contributed by atoms with van der Waals surface area (Å²) in [7, 11) is 1.91. The lowest BCUT2D eigenvalue weighted by atomic mass is 10.2. The third-order valence-electron chi connectivity index (χ3n) is 3.57. The van der Waals surface area contributed by atoms with Crippen molar-refractivity contribution in [3.05, 3.63) is 57.0 Å². The molecule has 118 valence electrons. The molecule has 0 fully saturated rings. The Morgan fingerprint density at radius 1 is 1.39 bits per heavy atom. The summed E-state index contributed by atoms with van der Waals surface area (Å²) in [5, 5.41) is 14.3. The molecule has 2 heterocycles. The first-order valence-electron chi connectivity index (χ1n) is 6.91. The number of nitrogens with one attached hydrogen (secondary N) is 1. The Morgan fingerprint density at radius 2 is 2.17 bits per heavy atom. The quantitative estimate of drug-likeness (QED) is 0.584. The van der Waals surface area contributed by atoms with Crippen molar-refractivity contribution in [2.45, 2.75) is 13.5 Å². The van der Waals surface area contributed by atoms with Crippen LogP contribution in [0.3, 0.4) is 0 Å². The fourth-order valence-corrected chi connectivity index (χ4v) is 2.54. The molecule has 2 aromatic heterocycles. The molecule has 0 saturated heterocycles. The Bertz CT molecular complexity index is 906. The first-order chi connectivity index (χ1) is 11.0. The number of rotatable bonds is 4. The largest absolute Gasteiger partial charge is 0.357 e. The Labute approximate surface area is 137 Å². The van der Waals surface area contributed by atoms with Crippen molar-refractivity contribution in [3.8, 4) is 0 Å². The SMILES string of the molecule is Cc1ccc2c(c1)nc(CNc1ncc(Cl)cc1[N+](=O)[O-])n2C. The molecule has 1 aromatic carbocycles. The van der Waals surface area contributed by atoms with E-state index in [1.54, 1.807) is 0 Å². The molecule has 3 aromatic rings. The van der Waals surface area contributed by atoms with Crippen LogP contribution in [0.1, 0.15) is 11.4 Å². The normalized spacial score (nSPS) is 10.9. The van der Waals surface area contributed by atoms with Crippen molar-refractivity contribution in [1.29, 1.82) is 0 Å². The second kappa shape index (κ2) is 5.85. The van der Waals surface area contributed by atoms with Gasteiger partial charge in [0.25, 0.3) is 0 Å². The number of hydrogen-bond acceptors (Lipinski definition) is 5. The molecule has 0 unspecified atom stereocenters. The van der Waals surface area contributed by atoms with Gasteiger partial charge in [0, 0.05) is 19.3 Å². The van der Waals surface area contributed by atoms with E-state index in [-0.39, 0.29) is 16.5 Å². The van der Waals surface area contributed by atoms with Gasteiger partial charge in [0.05, 0.1) is 27.5 Å². The molecule has 0 radical (unpaired) electrons. The summed E-state index contributed by atoms with van der Waals surface area (Å²) in [5.41, 5.74) is 2.87. The van der Waals surface area contributed by atoms with Crippen molar-refractivity contribution in [1.82, 2.24) is 14.5 Å². The minimum atomic E-state index is -0.514. The minimum Gasteiger partial charge on any atom is -0.357 e. The van der Waals surface area contributed by atoms with Crippen LogP contribution in [0.4, 0.5) is 11.5 Å². The molecule has 7 nitrogen and oxygen atoms in total. The van der Waals surface area contributed by atoms with Crippen molar-refractivity contribution < 1.29 is 4.92 Å². The molecule has 8 heteroatoms. The summed E-state index contributed by atoms with van der Waals surface area (Å²) in [6.07, 6.45) is 1.37. The molecular formula is C15H14ClN5O2. The first kappa shape index (κ1) is 15.2. The lowest BCUT2D eigenvalue weighted by molar-refractivity contribution is -0.384. The highest BCUT2D eigenvalue weighted by Crippen LogP contribution is 2.25. The van der Waals surface area contributed by atoms with Gasteiger partial charge in [-0.1, -0.05) is 17.7 Å². The molecule has 0 aliphatic carbocycles. The van der Waals surface area contributed by atoms with Gasteiger partial charge in [-0.25, -0.2) is 9.97 Å². The zero-order valence-electron chi connectivity index (χ0n) is 12.6. The monoisotopic (exact) mass is 331 g/mol. The predicted octanol–water partition coefficient (Wildman–Crippen LogP) is 3.45. The number of nitro groups is 1. The number of benzene rings is 1. The van der Waals surface area contributed by atoms with E-state index in [1.165, 1.54) is 12.3 Å². The average molecular weight is 332 g/mol. The third-order valence-corrected chi connectivity index (χ3v) is 3.78. The van der Waals surface area contributed by atoms with Crippen LogP contribution in [0, 0.1) is 17.0 Å². The van der Waals surface area contributed by atoms with Gasteiger partial charge in [0.2, 0.25) is 5.82 Å². The molecule has 0 spiro atoms. The molecule has 0 saturated carbocycles. The Kier molecular flexibility index (Phi) is 3.87. The lowest BCUT2D eigenvalue weighted by Crippen LogP contribution is -2.08. The summed E-state index contributed by atoms with van der Waals surface area (Å²) in [4.78, 5) is 19.1. The van der Waals surface area contributed by atoms with Crippen LogP contribution in [0.5, 0.6) is 0 Å². The summed E-state index contributed by atoms with van der Waals surface area (Å²) in [6.45, 7) is 2.33. The van der Waals surface area contributed by atoms with Crippen molar-refractivity contribution in [2.75, 3.05) is 5.32 Å². The van der Waals surface area contributed by atoms with Crippen molar-refractivity contribution in [2.24, 2.45) is 7.05 Å². The van der Waals surface area contributed by atoms with E-state index in [1.807, 2.05) is 36.7 Å². The molecule has 0 aliphatic rings. The number of fused-ring (bicyclic) bond motifs is 1. The zero-order valence-corrected chi connectivity index (χ0v) is 13.3. The number of hydrogen-bond donors (Lipinski definition) is 1. The van der Waals surface area contributed by atoms with Crippen molar-refractivity contribution in [3.63, 3.8) is 0 Å². The maximum Gasteiger partial charge on any atom is 0.312 e. The molecule has 0 atom stereocenters. The highest BCUT2D eigenvalue weighted by molar-refractivity contribution is 6.30. The highest BCUT2D eigenvalue weighted by Gasteiger charge is 2.17. The van der Waals surface area contributed by atoms with Gasteiger partial charge in [-0.05, 0) is 24.6 Å². The highest BCUT2D eigenvalue weighted by atomic mass is 35.5. The minimum absolute atomic E-state index is 0.160. The Morgan fingerprint density at radius 3 is 2.91 bits per heavy atom. The van der Waals surface area contributed by atoms with Crippen molar-refractivity contribution >= 4 is 34.1 Å². The number of aromatic nitrogens is 3. The van der Waals surface area contributed by atoms with Crippen LogP contribution in [-0.2, 0) is 13.6 Å². The molecule has 0 amide bonds. The maximum atomic E-state index is 11.1. The lowest BCUT2D eigenvalue weighted by Gasteiger charge is -2.06. The van der Waals surface area contributed by atoms with E-state index in [0.717, 1.165) is 22.4 Å². The number of nitrogens with zero attached hydrogens (tertiary/aromatic N) is 4. The number of aryl methyl sites for hydroxylation is 2. The smallest absolute Gasteiger partial charge is 0.312 e. The van der Waals surface area contributed by atoms with E-state index in [4.69, 9.17) is 11.6 Å². The standard InChI is InChI=1S/C15H14ClN5O2/c1-9-3-4-12-11(5-9)19-14(20(12)2)8-18-15-13(21(22)23)6-10(16)7-17-15/h3-7H,8H2,1-2H3,(H,17,18). The summed E-state index contributed by atoms with van der Waals surface area (Å²) >= 11 is 5.76. The van der Waals surface area contributed by atoms with Gasteiger partial charge in [-0.2, -0.15) is 0 Å². The van der Waals surface area contributed by atoms with Crippen LogP contribution >= 0.6 is 11.6 Å². The Hall–Kier alpha value is -2.67. The fraction of sp³-hybridized carbons (Fsp3) is 0.200.